The van der Waals surface area contributed by atoms with Crippen LogP contribution < -0.4 is 15.0 Å². The first-order chi connectivity index (χ1) is 11.8. The van der Waals surface area contributed by atoms with Crippen molar-refractivity contribution in [3.05, 3.63) is 48.2 Å². The van der Waals surface area contributed by atoms with Crippen molar-refractivity contribution in [3.63, 3.8) is 0 Å². The van der Waals surface area contributed by atoms with Crippen LogP contribution in [0.15, 0.2) is 42.6 Å². The summed E-state index contributed by atoms with van der Waals surface area (Å²) in [6.45, 7) is 3.00. The molecule has 0 bridgehead atoms. The number of ether oxygens (including phenoxy) is 1. The summed E-state index contributed by atoms with van der Waals surface area (Å²) in [4.78, 5) is 6.86. The second kappa shape index (κ2) is 8.02. The molecule has 0 radical (unpaired) electrons. The van der Waals surface area contributed by atoms with E-state index >= 15 is 0 Å². The predicted molar refractivity (Wildman–Crippen MR) is 96.6 cm³/mol. The van der Waals surface area contributed by atoms with Crippen molar-refractivity contribution in [3.8, 4) is 5.75 Å². The normalized spacial score (nSPS) is 15.3. The van der Waals surface area contributed by atoms with Gasteiger partial charge in [0.2, 0.25) is 0 Å². The SMILES string of the molecule is COc1cccc(CNc2ccc(N3CCC(CO)CC3)cn2)c1. The highest BCUT2D eigenvalue weighted by molar-refractivity contribution is 5.50. The maximum atomic E-state index is 9.22. The van der Waals surface area contributed by atoms with Gasteiger partial charge in [-0.05, 0) is 48.6 Å². The minimum absolute atomic E-state index is 0.305. The molecule has 24 heavy (non-hydrogen) atoms. The Morgan fingerprint density at radius 1 is 1.25 bits per heavy atom. The van der Waals surface area contributed by atoms with E-state index in [0.29, 0.717) is 19.1 Å². The van der Waals surface area contributed by atoms with Crippen molar-refractivity contribution in [2.24, 2.45) is 5.92 Å². The van der Waals surface area contributed by atoms with Gasteiger partial charge >= 0.3 is 0 Å². The molecule has 2 N–H and O–H groups in total. The number of aromatic nitrogens is 1. The molecule has 0 aliphatic carbocycles. The highest BCUT2D eigenvalue weighted by Gasteiger charge is 2.18. The third kappa shape index (κ3) is 4.17. The van der Waals surface area contributed by atoms with Crippen molar-refractivity contribution in [2.45, 2.75) is 19.4 Å². The molecular weight excluding hydrogens is 302 g/mol. The average molecular weight is 327 g/mol. The first-order valence-corrected chi connectivity index (χ1v) is 8.47. The Hall–Kier alpha value is -2.27. The van der Waals surface area contributed by atoms with E-state index in [9.17, 15) is 5.11 Å². The van der Waals surface area contributed by atoms with Gasteiger partial charge in [0.15, 0.2) is 0 Å². The summed E-state index contributed by atoms with van der Waals surface area (Å²) >= 11 is 0. The Labute approximate surface area is 143 Å². The van der Waals surface area contributed by atoms with Gasteiger partial charge < -0.3 is 20.1 Å². The number of aliphatic hydroxyl groups is 1. The van der Waals surface area contributed by atoms with Gasteiger partial charge in [0.1, 0.15) is 11.6 Å². The smallest absolute Gasteiger partial charge is 0.126 e. The van der Waals surface area contributed by atoms with Crippen LogP contribution in [0.2, 0.25) is 0 Å². The Morgan fingerprint density at radius 2 is 2.08 bits per heavy atom. The lowest BCUT2D eigenvalue weighted by Gasteiger charge is -2.32. The molecule has 1 aromatic heterocycles. The number of hydrogen-bond donors (Lipinski definition) is 2. The molecule has 0 spiro atoms. The van der Waals surface area contributed by atoms with Crippen molar-refractivity contribution in [2.75, 3.05) is 37.0 Å². The summed E-state index contributed by atoms with van der Waals surface area (Å²) in [6, 6.07) is 12.1. The lowest BCUT2D eigenvalue weighted by Crippen LogP contribution is -2.34. The highest BCUT2D eigenvalue weighted by atomic mass is 16.5. The van der Waals surface area contributed by atoms with Crippen LogP contribution in [0, 0.1) is 5.92 Å². The van der Waals surface area contributed by atoms with Crippen LogP contribution in [0.4, 0.5) is 11.5 Å². The molecule has 5 nitrogen and oxygen atoms in total. The number of hydrogen-bond acceptors (Lipinski definition) is 5. The lowest BCUT2D eigenvalue weighted by molar-refractivity contribution is 0.203. The fraction of sp³-hybridized carbons (Fsp3) is 0.421. The molecule has 0 amide bonds. The summed E-state index contributed by atoms with van der Waals surface area (Å²) < 4.78 is 5.24. The summed E-state index contributed by atoms with van der Waals surface area (Å²) in [6.07, 6.45) is 4.02. The fourth-order valence-corrected chi connectivity index (χ4v) is 3.03. The van der Waals surface area contributed by atoms with E-state index in [-0.39, 0.29) is 0 Å². The Morgan fingerprint density at radius 3 is 2.75 bits per heavy atom. The molecule has 1 aromatic carbocycles. The third-order valence-electron chi connectivity index (χ3n) is 4.59. The van der Waals surface area contributed by atoms with Crippen molar-refractivity contribution >= 4 is 11.5 Å². The van der Waals surface area contributed by atoms with Crippen molar-refractivity contribution in [1.82, 2.24) is 4.98 Å². The van der Waals surface area contributed by atoms with Crippen molar-refractivity contribution in [1.29, 1.82) is 0 Å². The van der Waals surface area contributed by atoms with E-state index in [1.54, 1.807) is 7.11 Å². The number of nitrogens with one attached hydrogen (secondary N) is 1. The van der Waals surface area contributed by atoms with E-state index in [1.165, 1.54) is 0 Å². The van der Waals surface area contributed by atoms with Gasteiger partial charge in [-0.1, -0.05) is 12.1 Å². The topological polar surface area (TPSA) is 57.6 Å². The molecule has 1 aliphatic rings. The van der Waals surface area contributed by atoms with Crippen molar-refractivity contribution < 1.29 is 9.84 Å². The van der Waals surface area contributed by atoms with Gasteiger partial charge in [0.05, 0.1) is 19.0 Å². The van der Waals surface area contributed by atoms with Crippen LogP contribution >= 0.6 is 0 Å². The highest BCUT2D eigenvalue weighted by Crippen LogP contribution is 2.23. The number of pyridine rings is 1. The van der Waals surface area contributed by atoms with Crippen LogP contribution in [-0.2, 0) is 6.54 Å². The minimum Gasteiger partial charge on any atom is -0.497 e. The predicted octanol–water partition coefficient (Wildman–Crippen LogP) is 2.91. The fourth-order valence-electron chi connectivity index (χ4n) is 3.03. The van der Waals surface area contributed by atoms with Gasteiger partial charge in [0, 0.05) is 26.2 Å². The average Bonchev–Trinajstić information content (AvgIpc) is 2.67. The molecule has 2 heterocycles. The van der Waals surface area contributed by atoms with Crippen LogP contribution in [-0.4, -0.2) is 36.9 Å². The molecule has 128 valence electrons. The maximum absolute atomic E-state index is 9.22. The number of anilines is 2. The van der Waals surface area contributed by atoms with E-state index < -0.39 is 0 Å². The lowest BCUT2D eigenvalue weighted by atomic mass is 9.98. The maximum Gasteiger partial charge on any atom is 0.126 e. The Kier molecular flexibility index (Phi) is 5.54. The summed E-state index contributed by atoms with van der Waals surface area (Å²) in [5, 5.41) is 12.6. The molecule has 1 fully saturated rings. The number of rotatable bonds is 6. The summed E-state index contributed by atoms with van der Waals surface area (Å²) in [5.41, 5.74) is 2.31. The Bertz CT molecular complexity index is 637. The third-order valence-corrected chi connectivity index (χ3v) is 4.59. The first kappa shape index (κ1) is 16.6. The molecule has 3 rings (SSSR count). The second-order valence-electron chi connectivity index (χ2n) is 6.22. The number of aliphatic hydroxyl groups excluding tert-OH is 1. The van der Waals surface area contributed by atoms with E-state index in [0.717, 1.165) is 48.7 Å². The standard InChI is InChI=1S/C19H25N3O2/c1-24-18-4-2-3-16(11-18)12-20-19-6-5-17(13-21-19)22-9-7-15(14-23)8-10-22/h2-6,11,13,15,23H,7-10,12,14H2,1H3,(H,20,21). The zero-order valence-corrected chi connectivity index (χ0v) is 14.1. The zero-order valence-electron chi connectivity index (χ0n) is 14.1. The van der Waals surface area contributed by atoms with Gasteiger partial charge in [-0.25, -0.2) is 4.98 Å². The van der Waals surface area contributed by atoms with Crippen LogP contribution in [0.3, 0.4) is 0 Å². The monoisotopic (exact) mass is 327 g/mol. The van der Waals surface area contributed by atoms with Crippen LogP contribution in [0.1, 0.15) is 18.4 Å². The van der Waals surface area contributed by atoms with E-state index in [4.69, 9.17) is 4.74 Å². The Balaban J connectivity index is 1.54. The quantitative estimate of drug-likeness (QED) is 0.854. The molecule has 0 atom stereocenters. The van der Waals surface area contributed by atoms with E-state index in [2.05, 4.69) is 27.3 Å². The van der Waals surface area contributed by atoms with Gasteiger partial charge in [-0.3, -0.25) is 0 Å². The second-order valence-corrected chi connectivity index (χ2v) is 6.22. The molecule has 2 aromatic rings. The van der Waals surface area contributed by atoms with Gasteiger partial charge in [-0.2, -0.15) is 0 Å². The molecule has 0 unspecified atom stereocenters. The van der Waals surface area contributed by atoms with Gasteiger partial charge in [-0.15, -0.1) is 0 Å². The van der Waals surface area contributed by atoms with Gasteiger partial charge in [0.25, 0.3) is 0 Å². The molecule has 1 aliphatic heterocycles. The van der Waals surface area contributed by atoms with E-state index in [1.807, 2.05) is 30.5 Å². The first-order valence-electron chi connectivity index (χ1n) is 8.47. The largest absolute Gasteiger partial charge is 0.497 e. The molecule has 0 saturated carbocycles. The summed E-state index contributed by atoms with van der Waals surface area (Å²) in [7, 11) is 1.68. The molecule has 1 saturated heterocycles. The number of benzene rings is 1. The van der Waals surface area contributed by atoms with Crippen LogP contribution in [0.25, 0.3) is 0 Å². The zero-order chi connectivity index (χ0) is 16.8. The molecule has 5 heteroatoms. The number of methoxy groups -OCH3 is 1. The van der Waals surface area contributed by atoms with Crippen LogP contribution in [0.5, 0.6) is 5.75 Å². The minimum atomic E-state index is 0.305. The summed E-state index contributed by atoms with van der Waals surface area (Å²) in [5.74, 6) is 2.19. The number of piperidine rings is 1. The number of nitrogens with zero attached hydrogens (tertiary/aromatic N) is 2. The molecular formula is C19H25N3O2.